The van der Waals surface area contributed by atoms with Gasteiger partial charge in [-0.25, -0.2) is 0 Å². The van der Waals surface area contributed by atoms with Crippen LogP contribution in [0.1, 0.15) is 12.8 Å². The lowest BCUT2D eigenvalue weighted by atomic mass is 10.1. The molecule has 1 saturated heterocycles. The number of nitrogens with zero attached hydrogens (tertiary/aromatic N) is 1. The van der Waals surface area contributed by atoms with E-state index in [9.17, 15) is 8.42 Å². The van der Waals surface area contributed by atoms with Crippen LogP contribution in [0.5, 0.6) is 0 Å². The summed E-state index contributed by atoms with van der Waals surface area (Å²) in [5.74, 6) is 0. The molecule has 0 aromatic rings. The molecule has 1 aliphatic rings. The van der Waals surface area contributed by atoms with Crippen LogP contribution in [0.4, 0.5) is 0 Å². The SMILES string of the molecule is CN(C)S(=O)(=O)N[C@H]1CCCNC1.Cl. The van der Waals surface area contributed by atoms with Crippen LogP contribution in [0.3, 0.4) is 0 Å². The third-order valence-electron chi connectivity index (χ3n) is 2.09. The number of nitrogens with one attached hydrogen (secondary N) is 2. The zero-order valence-corrected chi connectivity index (χ0v) is 10.1. The van der Waals surface area contributed by atoms with Gasteiger partial charge in [0.1, 0.15) is 0 Å². The molecule has 0 spiro atoms. The summed E-state index contributed by atoms with van der Waals surface area (Å²) in [6.07, 6.45) is 1.95. The van der Waals surface area contributed by atoms with Gasteiger partial charge in [0.25, 0.3) is 10.2 Å². The topological polar surface area (TPSA) is 61.4 Å². The fourth-order valence-corrected chi connectivity index (χ4v) is 2.10. The summed E-state index contributed by atoms with van der Waals surface area (Å²) in [4.78, 5) is 0. The number of hydrogen-bond donors (Lipinski definition) is 2. The zero-order chi connectivity index (χ0) is 9.90. The van der Waals surface area contributed by atoms with Crippen molar-refractivity contribution in [1.82, 2.24) is 14.3 Å². The Morgan fingerprint density at radius 1 is 1.43 bits per heavy atom. The van der Waals surface area contributed by atoms with Crippen LogP contribution in [0.15, 0.2) is 0 Å². The molecule has 86 valence electrons. The largest absolute Gasteiger partial charge is 0.315 e. The fraction of sp³-hybridized carbons (Fsp3) is 1.00. The van der Waals surface area contributed by atoms with Crippen molar-refractivity contribution in [3.05, 3.63) is 0 Å². The van der Waals surface area contributed by atoms with Gasteiger partial charge in [0.05, 0.1) is 0 Å². The van der Waals surface area contributed by atoms with Gasteiger partial charge in [0, 0.05) is 26.7 Å². The maximum atomic E-state index is 11.4. The molecule has 0 aliphatic carbocycles. The molecule has 1 rings (SSSR count). The van der Waals surface area contributed by atoms with Crippen LogP contribution in [-0.4, -0.2) is 45.9 Å². The summed E-state index contributed by atoms with van der Waals surface area (Å²) >= 11 is 0. The highest BCUT2D eigenvalue weighted by atomic mass is 35.5. The average Bonchev–Trinajstić information content (AvgIpc) is 2.05. The second-order valence-electron chi connectivity index (χ2n) is 3.45. The predicted molar refractivity (Wildman–Crippen MR) is 58.9 cm³/mol. The Labute approximate surface area is 91.8 Å². The van der Waals surface area contributed by atoms with Crippen molar-refractivity contribution in [2.75, 3.05) is 27.2 Å². The molecule has 5 nitrogen and oxygen atoms in total. The molecule has 0 saturated carbocycles. The molecule has 7 heteroatoms. The van der Waals surface area contributed by atoms with Crippen LogP contribution in [-0.2, 0) is 10.2 Å². The summed E-state index contributed by atoms with van der Waals surface area (Å²) in [5, 5.41) is 3.15. The van der Waals surface area contributed by atoms with E-state index in [0.717, 1.165) is 25.9 Å². The second kappa shape index (κ2) is 5.87. The quantitative estimate of drug-likeness (QED) is 0.706. The number of hydrogen-bond acceptors (Lipinski definition) is 3. The molecule has 1 heterocycles. The zero-order valence-electron chi connectivity index (χ0n) is 8.49. The first-order chi connectivity index (χ1) is 6.02. The predicted octanol–water partition coefficient (Wildman–Crippen LogP) is -0.444. The van der Waals surface area contributed by atoms with Gasteiger partial charge in [-0.3, -0.25) is 0 Å². The van der Waals surface area contributed by atoms with Crippen LogP contribution < -0.4 is 10.0 Å². The lowest BCUT2D eigenvalue weighted by Crippen LogP contribution is -2.48. The van der Waals surface area contributed by atoms with E-state index >= 15 is 0 Å². The van der Waals surface area contributed by atoms with E-state index in [-0.39, 0.29) is 18.4 Å². The molecular weight excluding hydrogens is 226 g/mol. The van der Waals surface area contributed by atoms with Gasteiger partial charge in [-0.1, -0.05) is 0 Å². The minimum Gasteiger partial charge on any atom is -0.315 e. The van der Waals surface area contributed by atoms with E-state index in [0.29, 0.717) is 0 Å². The minimum atomic E-state index is -3.25. The van der Waals surface area contributed by atoms with Gasteiger partial charge in [-0.2, -0.15) is 17.4 Å². The maximum absolute atomic E-state index is 11.4. The van der Waals surface area contributed by atoms with Gasteiger partial charge in [-0.05, 0) is 19.4 Å². The monoisotopic (exact) mass is 243 g/mol. The Balaban J connectivity index is 0.00000169. The second-order valence-corrected chi connectivity index (χ2v) is 5.36. The van der Waals surface area contributed by atoms with Gasteiger partial charge >= 0.3 is 0 Å². The summed E-state index contributed by atoms with van der Waals surface area (Å²) < 4.78 is 26.6. The molecule has 0 unspecified atom stereocenters. The van der Waals surface area contributed by atoms with E-state index < -0.39 is 10.2 Å². The van der Waals surface area contributed by atoms with Crippen molar-refractivity contribution in [2.24, 2.45) is 0 Å². The van der Waals surface area contributed by atoms with Gasteiger partial charge < -0.3 is 5.32 Å². The van der Waals surface area contributed by atoms with Crippen LogP contribution >= 0.6 is 12.4 Å². The van der Waals surface area contributed by atoms with Gasteiger partial charge in [0.15, 0.2) is 0 Å². The number of rotatable bonds is 3. The molecule has 0 bridgehead atoms. The molecule has 14 heavy (non-hydrogen) atoms. The molecule has 1 atom stereocenters. The van der Waals surface area contributed by atoms with E-state index in [1.54, 1.807) is 0 Å². The lowest BCUT2D eigenvalue weighted by Gasteiger charge is -2.25. The summed E-state index contributed by atoms with van der Waals surface area (Å²) in [7, 11) is -0.202. The Morgan fingerprint density at radius 3 is 2.50 bits per heavy atom. The highest BCUT2D eigenvalue weighted by Gasteiger charge is 2.20. The highest BCUT2D eigenvalue weighted by molar-refractivity contribution is 7.87. The van der Waals surface area contributed by atoms with Crippen LogP contribution in [0.2, 0.25) is 0 Å². The van der Waals surface area contributed by atoms with E-state index in [4.69, 9.17) is 0 Å². The van der Waals surface area contributed by atoms with E-state index in [2.05, 4.69) is 10.0 Å². The minimum absolute atomic E-state index is 0. The number of halogens is 1. The molecule has 1 fully saturated rings. The summed E-state index contributed by atoms with van der Waals surface area (Å²) in [6.45, 7) is 1.72. The molecular formula is C7H18ClN3O2S. The fourth-order valence-electron chi connectivity index (χ4n) is 1.27. The molecule has 0 radical (unpaired) electrons. The van der Waals surface area contributed by atoms with Gasteiger partial charge in [-0.15, -0.1) is 12.4 Å². The van der Waals surface area contributed by atoms with Crippen molar-refractivity contribution in [2.45, 2.75) is 18.9 Å². The Bertz CT molecular complexity index is 250. The number of piperidine rings is 1. The van der Waals surface area contributed by atoms with E-state index in [1.165, 1.54) is 18.4 Å². The van der Waals surface area contributed by atoms with Crippen LogP contribution in [0.25, 0.3) is 0 Å². The van der Waals surface area contributed by atoms with Gasteiger partial charge in [0.2, 0.25) is 0 Å². The van der Waals surface area contributed by atoms with Crippen molar-refractivity contribution >= 4 is 22.6 Å². The van der Waals surface area contributed by atoms with Crippen molar-refractivity contribution in [3.8, 4) is 0 Å². The standard InChI is InChI=1S/C7H17N3O2S.ClH/c1-10(2)13(11,12)9-7-4-3-5-8-6-7;/h7-9H,3-6H2,1-2H3;1H/t7-;/m0./s1. The Kier molecular flexibility index (Phi) is 5.92. The highest BCUT2D eigenvalue weighted by Crippen LogP contribution is 2.03. The van der Waals surface area contributed by atoms with Crippen molar-refractivity contribution < 1.29 is 8.42 Å². The first kappa shape index (κ1) is 14.1. The molecule has 0 aromatic heterocycles. The molecule has 2 N–H and O–H groups in total. The maximum Gasteiger partial charge on any atom is 0.279 e. The average molecular weight is 244 g/mol. The normalized spacial score (nSPS) is 23.2. The lowest BCUT2D eigenvalue weighted by molar-refractivity contribution is 0.414. The Morgan fingerprint density at radius 2 is 2.07 bits per heavy atom. The van der Waals surface area contributed by atoms with Crippen LogP contribution in [0, 0.1) is 0 Å². The Hall–Kier alpha value is 0.120. The first-order valence-corrected chi connectivity index (χ1v) is 5.87. The van der Waals surface area contributed by atoms with E-state index in [1.807, 2.05) is 0 Å². The summed E-state index contributed by atoms with van der Waals surface area (Å²) in [6, 6.07) is 0.0427. The third kappa shape index (κ3) is 4.10. The third-order valence-corrected chi connectivity index (χ3v) is 3.69. The smallest absolute Gasteiger partial charge is 0.279 e. The molecule has 1 aliphatic heterocycles. The first-order valence-electron chi connectivity index (χ1n) is 4.43. The van der Waals surface area contributed by atoms with Crippen molar-refractivity contribution in [3.63, 3.8) is 0 Å². The molecule has 0 amide bonds. The molecule has 0 aromatic carbocycles. The van der Waals surface area contributed by atoms with Crippen molar-refractivity contribution in [1.29, 1.82) is 0 Å². The summed E-state index contributed by atoms with van der Waals surface area (Å²) in [5.41, 5.74) is 0.